The lowest BCUT2D eigenvalue weighted by molar-refractivity contribution is -0.147. The quantitative estimate of drug-likeness (QED) is 0.793. The van der Waals surface area contributed by atoms with Gasteiger partial charge in [0.15, 0.2) is 0 Å². The van der Waals surface area contributed by atoms with Gasteiger partial charge in [0.05, 0.1) is 18.0 Å². The number of carboxylic acids is 1. The van der Waals surface area contributed by atoms with Crippen molar-refractivity contribution in [3.63, 3.8) is 0 Å². The molecule has 21 heavy (non-hydrogen) atoms. The summed E-state index contributed by atoms with van der Waals surface area (Å²) < 4.78 is 1.79. The number of aliphatic carboxylic acids is 1. The van der Waals surface area contributed by atoms with Crippen molar-refractivity contribution in [2.75, 3.05) is 0 Å². The van der Waals surface area contributed by atoms with E-state index in [1.807, 2.05) is 25.3 Å². The minimum atomic E-state index is -0.870. The van der Waals surface area contributed by atoms with Gasteiger partial charge in [0, 0.05) is 24.8 Å². The number of carbonyl (C=O) groups is 2. The van der Waals surface area contributed by atoms with Gasteiger partial charge in [-0.15, -0.1) is 0 Å². The SMILES string of the molecule is CCn1cc(CNC(=O)[C@H]2[C@@H](C(=O)O)[C@H]3C=C[C@H]2C3)cn1. The Hall–Kier alpha value is -2.11. The molecule has 2 N–H and O–H groups in total. The first-order valence-electron chi connectivity index (χ1n) is 7.30. The Bertz CT molecular complexity index is 593. The number of carbonyl (C=O) groups excluding carboxylic acids is 1. The first-order chi connectivity index (χ1) is 10.1. The summed E-state index contributed by atoms with van der Waals surface area (Å²) in [6.45, 7) is 3.17. The summed E-state index contributed by atoms with van der Waals surface area (Å²) in [4.78, 5) is 23.8. The number of nitrogens with one attached hydrogen (secondary N) is 1. The van der Waals surface area contributed by atoms with E-state index < -0.39 is 17.8 Å². The van der Waals surface area contributed by atoms with Crippen LogP contribution in [0, 0.1) is 23.7 Å². The van der Waals surface area contributed by atoms with E-state index in [0.29, 0.717) is 6.54 Å². The van der Waals surface area contributed by atoms with Gasteiger partial charge in [0.1, 0.15) is 0 Å². The van der Waals surface area contributed by atoms with Crippen LogP contribution in [-0.2, 0) is 22.7 Å². The Morgan fingerprint density at radius 2 is 2.10 bits per heavy atom. The van der Waals surface area contributed by atoms with Crippen molar-refractivity contribution in [3.05, 3.63) is 30.1 Å². The standard InChI is InChI=1S/C15H19N3O3/c1-2-18-8-9(7-17-18)6-16-14(19)12-10-3-4-11(5-10)13(12)15(20)21/h3-4,7-8,10-13H,2,5-6H2,1H3,(H,16,19)(H,20,21)/t10-,11-,12+,13-/m0/s1. The van der Waals surface area contributed by atoms with Crippen molar-refractivity contribution in [1.29, 1.82) is 0 Å². The molecule has 0 aliphatic heterocycles. The average molecular weight is 289 g/mol. The smallest absolute Gasteiger partial charge is 0.307 e. The molecule has 0 unspecified atom stereocenters. The number of hydrogen-bond donors (Lipinski definition) is 2. The van der Waals surface area contributed by atoms with Crippen molar-refractivity contribution in [1.82, 2.24) is 15.1 Å². The van der Waals surface area contributed by atoms with Crippen LogP contribution in [0.2, 0.25) is 0 Å². The van der Waals surface area contributed by atoms with Gasteiger partial charge in [-0.25, -0.2) is 0 Å². The second kappa shape index (κ2) is 5.35. The molecule has 0 radical (unpaired) electrons. The van der Waals surface area contributed by atoms with Crippen molar-refractivity contribution < 1.29 is 14.7 Å². The van der Waals surface area contributed by atoms with Gasteiger partial charge in [0.25, 0.3) is 0 Å². The van der Waals surface area contributed by atoms with Crippen LogP contribution in [0.25, 0.3) is 0 Å². The molecule has 2 aliphatic carbocycles. The van der Waals surface area contributed by atoms with Gasteiger partial charge in [-0.1, -0.05) is 12.2 Å². The number of carboxylic acid groups (broad SMARTS) is 1. The fourth-order valence-electron chi connectivity index (χ4n) is 3.49. The van der Waals surface area contributed by atoms with Crippen LogP contribution >= 0.6 is 0 Å². The fourth-order valence-corrected chi connectivity index (χ4v) is 3.49. The molecule has 6 heteroatoms. The summed E-state index contributed by atoms with van der Waals surface area (Å²) in [6.07, 6.45) is 8.32. The summed E-state index contributed by atoms with van der Waals surface area (Å²) in [5.41, 5.74) is 0.927. The summed E-state index contributed by atoms with van der Waals surface area (Å²) in [7, 11) is 0. The average Bonchev–Trinajstić information content (AvgIpc) is 3.18. The molecule has 1 aromatic heterocycles. The topological polar surface area (TPSA) is 84.2 Å². The molecular formula is C15H19N3O3. The van der Waals surface area contributed by atoms with Gasteiger partial charge in [-0.2, -0.15) is 5.10 Å². The van der Waals surface area contributed by atoms with Crippen molar-refractivity contribution in [2.24, 2.45) is 23.7 Å². The Morgan fingerprint density at radius 3 is 2.71 bits per heavy atom. The van der Waals surface area contributed by atoms with Crippen LogP contribution < -0.4 is 5.32 Å². The lowest BCUT2D eigenvalue weighted by Crippen LogP contribution is -2.39. The molecule has 2 bridgehead atoms. The van der Waals surface area contributed by atoms with Gasteiger partial charge in [0.2, 0.25) is 5.91 Å². The van der Waals surface area contributed by atoms with Crippen LogP contribution in [0.3, 0.4) is 0 Å². The van der Waals surface area contributed by atoms with Gasteiger partial charge in [-0.3, -0.25) is 14.3 Å². The summed E-state index contributed by atoms with van der Waals surface area (Å²) in [5.74, 6) is -1.99. The number of rotatable bonds is 5. The lowest BCUT2D eigenvalue weighted by Gasteiger charge is -2.23. The van der Waals surface area contributed by atoms with Crippen molar-refractivity contribution >= 4 is 11.9 Å². The maximum Gasteiger partial charge on any atom is 0.307 e. The molecule has 1 fully saturated rings. The minimum absolute atomic E-state index is 0.00564. The van der Waals surface area contributed by atoms with Crippen LogP contribution in [0.1, 0.15) is 18.9 Å². The Labute approximate surface area is 122 Å². The monoisotopic (exact) mass is 289 g/mol. The number of aromatic nitrogens is 2. The molecule has 0 aromatic carbocycles. The third-order valence-electron chi connectivity index (χ3n) is 4.52. The third-order valence-corrected chi connectivity index (χ3v) is 4.52. The molecule has 3 rings (SSSR count). The number of allylic oxidation sites excluding steroid dienone is 2. The molecule has 1 saturated carbocycles. The van der Waals surface area contributed by atoms with E-state index in [1.165, 1.54) is 0 Å². The maximum atomic E-state index is 12.4. The largest absolute Gasteiger partial charge is 0.481 e. The first-order valence-corrected chi connectivity index (χ1v) is 7.30. The van der Waals surface area contributed by atoms with Crippen molar-refractivity contribution in [3.8, 4) is 0 Å². The van der Waals surface area contributed by atoms with E-state index in [4.69, 9.17) is 0 Å². The van der Waals surface area contributed by atoms with Gasteiger partial charge in [-0.05, 0) is 25.2 Å². The molecule has 1 heterocycles. The molecule has 112 valence electrons. The van der Waals surface area contributed by atoms with E-state index in [9.17, 15) is 14.7 Å². The zero-order valence-electron chi connectivity index (χ0n) is 11.9. The van der Waals surface area contributed by atoms with E-state index in [1.54, 1.807) is 10.9 Å². The van der Waals surface area contributed by atoms with Crippen LogP contribution in [0.4, 0.5) is 0 Å². The molecular weight excluding hydrogens is 270 g/mol. The maximum absolute atomic E-state index is 12.4. The van der Waals surface area contributed by atoms with Crippen LogP contribution in [-0.4, -0.2) is 26.8 Å². The third kappa shape index (κ3) is 2.46. The molecule has 0 spiro atoms. The molecule has 1 amide bonds. The highest BCUT2D eigenvalue weighted by Crippen LogP contribution is 2.48. The number of hydrogen-bond acceptors (Lipinski definition) is 3. The number of nitrogens with zero attached hydrogens (tertiary/aromatic N) is 2. The lowest BCUT2D eigenvalue weighted by atomic mass is 9.82. The number of amides is 1. The van der Waals surface area contributed by atoms with E-state index in [2.05, 4.69) is 10.4 Å². The molecule has 6 nitrogen and oxygen atoms in total. The Kier molecular flexibility index (Phi) is 3.53. The molecule has 0 saturated heterocycles. The van der Waals surface area contributed by atoms with Crippen LogP contribution in [0.15, 0.2) is 24.5 Å². The highest BCUT2D eigenvalue weighted by molar-refractivity contribution is 5.86. The zero-order valence-corrected chi connectivity index (χ0v) is 11.9. The molecule has 2 aliphatic rings. The van der Waals surface area contributed by atoms with E-state index in [0.717, 1.165) is 18.5 Å². The summed E-state index contributed by atoms with van der Waals surface area (Å²) in [5, 5.41) is 16.4. The minimum Gasteiger partial charge on any atom is -0.481 e. The van der Waals surface area contributed by atoms with Gasteiger partial charge < -0.3 is 10.4 Å². The fraction of sp³-hybridized carbons (Fsp3) is 0.533. The first kappa shape index (κ1) is 13.9. The Morgan fingerprint density at radius 1 is 1.38 bits per heavy atom. The molecule has 4 atom stereocenters. The van der Waals surface area contributed by atoms with E-state index >= 15 is 0 Å². The highest BCUT2D eigenvalue weighted by Gasteiger charge is 2.51. The Balaban J connectivity index is 1.65. The molecule has 1 aromatic rings. The predicted octanol–water partition coefficient (Wildman–Crippen LogP) is 1.04. The van der Waals surface area contributed by atoms with Gasteiger partial charge >= 0.3 is 5.97 Å². The zero-order chi connectivity index (χ0) is 15.0. The second-order valence-electron chi connectivity index (χ2n) is 5.76. The summed E-state index contributed by atoms with van der Waals surface area (Å²) >= 11 is 0. The predicted molar refractivity (Wildman–Crippen MR) is 75.1 cm³/mol. The normalized spacial score (nSPS) is 29.8. The summed E-state index contributed by atoms with van der Waals surface area (Å²) in [6, 6.07) is 0. The second-order valence-corrected chi connectivity index (χ2v) is 5.76. The van der Waals surface area contributed by atoms with Crippen LogP contribution in [0.5, 0.6) is 0 Å². The van der Waals surface area contributed by atoms with Crippen molar-refractivity contribution in [2.45, 2.75) is 26.4 Å². The number of fused-ring (bicyclic) bond motifs is 2. The number of aryl methyl sites for hydroxylation is 1. The highest BCUT2D eigenvalue weighted by atomic mass is 16.4. The van der Waals surface area contributed by atoms with E-state index in [-0.39, 0.29) is 17.7 Å².